The van der Waals surface area contributed by atoms with Crippen molar-refractivity contribution in [1.29, 1.82) is 0 Å². The monoisotopic (exact) mass is 310 g/mol. The van der Waals surface area contributed by atoms with Gasteiger partial charge in [0.05, 0.1) is 18.6 Å². The van der Waals surface area contributed by atoms with Gasteiger partial charge >= 0.3 is 5.97 Å². The van der Waals surface area contributed by atoms with Crippen molar-refractivity contribution in [3.05, 3.63) is 32.4 Å². The zero-order chi connectivity index (χ0) is 9.84. The number of halogens is 2. The summed E-state index contributed by atoms with van der Waals surface area (Å²) in [5.41, 5.74) is 0.917. The molecule has 0 aliphatic carbocycles. The van der Waals surface area contributed by atoms with Crippen LogP contribution in [0, 0.1) is 3.57 Å². The maximum Gasteiger partial charge on any atom is 0.309 e. The van der Waals surface area contributed by atoms with Crippen molar-refractivity contribution in [2.75, 3.05) is 7.11 Å². The first-order chi connectivity index (χ1) is 6.13. The van der Waals surface area contributed by atoms with Gasteiger partial charge in [0.15, 0.2) is 0 Å². The summed E-state index contributed by atoms with van der Waals surface area (Å²) in [4.78, 5) is 10.9. The Morgan fingerprint density at radius 1 is 1.62 bits per heavy atom. The lowest BCUT2D eigenvalue weighted by molar-refractivity contribution is -0.139. The van der Waals surface area contributed by atoms with Crippen LogP contribution in [-0.2, 0) is 16.0 Å². The fraction of sp³-hybridized carbons (Fsp3) is 0.222. The largest absolute Gasteiger partial charge is 0.469 e. The van der Waals surface area contributed by atoms with E-state index in [2.05, 4.69) is 27.3 Å². The topological polar surface area (TPSA) is 26.3 Å². The summed E-state index contributed by atoms with van der Waals surface area (Å²) in [5, 5.41) is 0.703. The summed E-state index contributed by atoms with van der Waals surface area (Å²) in [6.07, 6.45) is 0.295. The molecule has 4 heteroatoms. The van der Waals surface area contributed by atoms with Gasteiger partial charge in [-0.3, -0.25) is 4.79 Å². The first-order valence-corrected chi connectivity index (χ1v) is 5.10. The standard InChI is InChI=1S/C9H8ClIO2/c1-13-9(12)5-6-2-3-7(10)8(11)4-6/h2-4H,5H2,1H3. The Kier molecular flexibility index (Phi) is 3.99. The molecule has 0 amide bonds. The van der Waals surface area contributed by atoms with Crippen molar-refractivity contribution in [1.82, 2.24) is 0 Å². The molecular weight excluding hydrogens is 302 g/mol. The van der Waals surface area contributed by atoms with Crippen molar-refractivity contribution in [3.8, 4) is 0 Å². The van der Waals surface area contributed by atoms with E-state index in [1.54, 1.807) is 6.07 Å². The highest BCUT2D eigenvalue weighted by Gasteiger charge is 2.04. The van der Waals surface area contributed by atoms with Gasteiger partial charge in [-0.25, -0.2) is 0 Å². The number of methoxy groups -OCH3 is 1. The SMILES string of the molecule is COC(=O)Cc1ccc(Cl)c(I)c1. The molecule has 0 aromatic heterocycles. The van der Waals surface area contributed by atoms with Crippen LogP contribution < -0.4 is 0 Å². The second-order valence-corrected chi connectivity index (χ2v) is 4.07. The lowest BCUT2D eigenvalue weighted by Gasteiger charge is -2.01. The number of benzene rings is 1. The van der Waals surface area contributed by atoms with Crippen LogP contribution in [0.4, 0.5) is 0 Å². The normalized spacial score (nSPS) is 9.77. The van der Waals surface area contributed by atoms with Gasteiger partial charge in [-0.05, 0) is 40.3 Å². The molecule has 13 heavy (non-hydrogen) atoms. The molecule has 0 fully saturated rings. The number of ether oxygens (including phenoxy) is 1. The minimum Gasteiger partial charge on any atom is -0.469 e. The summed E-state index contributed by atoms with van der Waals surface area (Å²) < 4.78 is 5.49. The van der Waals surface area contributed by atoms with Gasteiger partial charge in [0.2, 0.25) is 0 Å². The van der Waals surface area contributed by atoms with Gasteiger partial charge in [0, 0.05) is 3.57 Å². The fourth-order valence-corrected chi connectivity index (χ4v) is 1.59. The highest BCUT2D eigenvalue weighted by Crippen LogP contribution is 2.19. The molecule has 1 aromatic carbocycles. The molecular formula is C9H8ClIO2. The maximum atomic E-state index is 10.9. The molecule has 70 valence electrons. The van der Waals surface area contributed by atoms with Crippen LogP contribution in [0.2, 0.25) is 5.02 Å². The van der Waals surface area contributed by atoms with Crippen molar-refractivity contribution in [2.24, 2.45) is 0 Å². The van der Waals surface area contributed by atoms with E-state index in [1.807, 2.05) is 12.1 Å². The molecule has 0 heterocycles. The minimum absolute atomic E-state index is 0.238. The number of esters is 1. The molecule has 2 nitrogen and oxygen atoms in total. The van der Waals surface area contributed by atoms with Crippen molar-refractivity contribution in [3.63, 3.8) is 0 Å². The average Bonchev–Trinajstić information content (AvgIpc) is 2.11. The van der Waals surface area contributed by atoms with E-state index < -0.39 is 0 Å². The molecule has 0 bridgehead atoms. The van der Waals surface area contributed by atoms with E-state index >= 15 is 0 Å². The summed E-state index contributed by atoms with van der Waals surface area (Å²) in [7, 11) is 1.38. The second-order valence-electron chi connectivity index (χ2n) is 2.50. The zero-order valence-corrected chi connectivity index (χ0v) is 9.93. The lowest BCUT2D eigenvalue weighted by Crippen LogP contribution is -2.04. The minimum atomic E-state index is -0.238. The Hall–Kier alpha value is -0.290. The van der Waals surface area contributed by atoms with Crippen LogP contribution in [0.1, 0.15) is 5.56 Å². The molecule has 0 saturated heterocycles. The van der Waals surface area contributed by atoms with E-state index in [4.69, 9.17) is 11.6 Å². The molecule has 1 aromatic rings. The maximum absolute atomic E-state index is 10.9. The third-order valence-electron chi connectivity index (χ3n) is 1.56. The first-order valence-electron chi connectivity index (χ1n) is 3.64. The Labute approximate surface area is 95.4 Å². The highest BCUT2D eigenvalue weighted by molar-refractivity contribution is 14.1. The predicted octanol–water partition coefficient (Wildman–Crippen LogP) is 2.66. The number of carbonyl (C=O) groups excluding carboxylic acids is 1. The van der Waals surface area contributed by atoms with Crippen molar-refractivity contribution < 1.29 is 9.53 Å². The zero-order valence-electron chi connectivity index (χ0n) is 7.01. The van der Waals surface area contributed by atoms with Crippen LogP contribution in [0.15, 0.2) is 18.2 Å². The van der Waals surface area contributed by atoms with Crippen LogP contribution in [0.25, 0.3) is 0 Å². The summed E-state index contributed by atoms with van der Waals surface area (Å²) in [5.74, 6) is -0.238. The summed E-state index contributed by atoms with van der Waals surface area (Å²) in [6, 6.07) is 5.48. The van der Waals surface area contributed by atoms with Crippen LogP contribution in [-0.4, -0.2) is 13.1 Å². The Balaban J connectivity index is 2.79. The van der Waals surface area contributed by atoms with E-state index in [9.17, 15) is 4.79 Å². The molecule has 0 saturated carbocycles. The van der Waals surface area contributed by atoms with Gasteiger partial charge in [0.1, 0.15) is 0 Å². The van der Waals surface area contributed by atoms with Crippen LogP contribution >= 0.6 is 34.2 Å². The van der Waals surface area contributed by atoms with Crippen LogP contribution in [0.5, 0.6) is 0 Å². The van der Waals surface area contributed by atoms with Crippen molar-refractivity contribution in [2.45, 2.75) is 6.42 Å². The molecule has 0 aliphatic rings. The average molecular weight is 311 g/mol. The van der Waals surface area contributed by atoms with Crippen molar-refractivity contribution >= 4 is 40.2 Å². The number of hydrogen-bond donors (Lipinski definition) is 0. The molecule has 0 N–H and O–H groups in total. The summed E-state index contributed by atoms with van der Waals surface area (Å²) >= 11 is 7.95. The quantitative estimate of drug-likeness (QED) is 0.620. The van der Waals surface area contributed by atoms with Gasteiger partial charge in [0.25, 0.3) is 0 Å². The molecule has 0 atom stereocenters. The third-order valence-corrected chi connectivity index (χ3v) is 3.10. The highest BCUT2D eigenvalue weighted by atomic mass is 127. The number of rotatable bonds is 2. The van der Waals surface area contributed by atoms with Gasteiger partial charge in [-0.1, -0.05) is 17.7 Å². The Bertz CT molecular complexity index is 325. The Morgan fingerprint density at radius 3 is 2.85 bits per heavy atom. The van der Waals surface area contributed by atoms with E-state index in [-0.39, 0.29) is 5.97 Å². The number of hydrogen-bond acceptors (Lipinski definition) is 2. The second kappa shape index (κ2) is 4.81. The van der Waals surface area contributed by atoms with E-state index in [0.717, 1.165) is 9.13 Å². The van der Waals surface area contributed by atoms with Gasteiger partial charge in [-0.2, -0.15) is 0 Å². The lowest BCUT2D eigenvalue weighted by atomic mass is 10.2. The van der Waals surface area contributed by atoms with Gasteiger partial charge < -0.3 is 4.74 Å². The Morgan fingerprint density at radius 2 is 2.31 bits per heavy atom. The van der Waals surface area contributed by atoms with Gasteiger partial charge in [-0.15, -0.1) is 0 Å². The molecule has 0 radical (unpaired) electrons. The predicted molar refractivity (Wildman–Crippen MR) is 59.9 cm³/mol. The summed E-state index contributed by atoms with van der Waals surface area (Å²) in [6.45, 7) is 0. The van der Waals surface area contributed by atoms with Crippen LogP contribution in [0.3, 0.4) is 0 Å². The third kappa shape index (κ3) is 3.15. The molecule has 1 rings (SSSR count). The number of carbonyl (C=O) groups is 1. The molecule has 0 unspecified atom stereocenters. The molecule has 0 spiro atoms. The smallest absolute Gasteiger partial charge is 0.309 e. The van der Waals surface area contributed by atoms with E-state index in [0.29, 0.717) is 11.4 Å². The van der Waals surface area contributed by atoms with E-state index in [1.165, 1.54) is 7.11 Å². The molecule has 0 aliphatic heterocycles. The first kappa shape index (κ1) is 10.8. The fourth-order valence-electron chi connectivity index (χ4n) is 0.888.